The molecule has 0 amide bonds. The monoisotopic (exact) mass is 332 g/mol. The molecule has 0 radical (unpaired) electrons. The zero-order valence-electron chi connectivity index (χ0n) is 8.54. The van der Waals surface area contributed by atoms with Crippen LogP contribution in [-0.2, 0) is 0 Å². The summed E-state index contributed by atoms with van der Waals surface area (Å²) in [6, 6.07) is 8.45. The molecule has 1 heterocycles. The van der Waals surface area contributed by atoms with E-state index in [1.807, 2.05) is 0 Å². The number of alkyl halides is 1. The largest absolute Gasteiger partial charge is 0.453 e. The second-order valence-corrected chi connectivity index (χ2v) is 4.75. The number of carbonyl (C=O) groups excluding carboxylic acids is 1. The molecule has 0 aliphatic carbocycles. The van der Waals surface area contributed by atoms with E-state index < -0.39 is 0 Å². The summed E-state index contributed by atoms with van der Waals surface area (Å²) in [6.07, 6.45) is 0. The Morgan fingerprint density at radius 3 is 2.65 bits per heavy atom. The molecule has 0 fully saturated rings. The Hall–Kier alpha value is -0.770. The first kappa shape index (κ1) is 12.7. The second-order valence-electron chi connectivity index (χ2n) is 3.34. The normalized spacial score (nSPS) is 10.5. The summed E-state index contributed by atoms with van der Waals surface area (Å²) in [6.45, 7) is 0. The number of ketones is 1. The van der Waals surface area contributed by atoms with Crippen LogP contribution in [0.2, 0.25) is 10.0 Å². The number of Topliss-reactive ketones (excluding diaryl/α,β-unsaturated/α-hetero) is 1. The van der Waals surface area contributed by atoms with E-state index in [4.69, 9.17) is 27.6 Å². The van der Waals surface area contributed by atoms with E-state index in [9.17, 15) is 4.79 Å². The van der Waals surface area contributed by atoms with Gasteiger partial charge in [0.05, 0.1) is 10.4 Å². The van der Waals surface area contributed by atoms with Gasteiger partial charge in [0.2, 0.25) is 5.78 Å². The standard InChI is InChI=1S/C12H7BrCl2O2/c13-6-10(16)12-4-3-11(17-12)8-2-1-7(14)5-9(8)15/h1-5H,6H2. The number of furan rings is 1. The van der Waals surface area contributed by atoms with Gasteiger partial charge in [-0.15, -0.1) is 0 Å². The molecule has 0 spiro atoms. The number of benzene rings is 1. The van der Waals surface area contributed by atoms with Crippen molar-refractivity contribution >= 4 is 44.9 Å². The zero-order chi connectivity index (χ0) is 12.4. The highest BCUT2D eigenvalue weighted by Gasteiger charge is 2.12. The second kappa shape index (κ2) is 5.25. The highest BCUT2D eigenvalue weighted by molar-refractivity contribution is 9.09. The van der Waals surface area contributed by atoms with Crippen molar-refractivity contribution in [2.24, 2.45) is 0 Å². The van der Waals surface area contributed by atoms with E-state index in [0.717, 1.165) is 0 Å². The zero-order valence-corrected chi connectivity index (χ0v) is 11.6. The van der Waals surface area contributed by atoms with Gasteiger partial charge in [-0.05, 0) is 30.3 Å². The first-order valence-electron chi connectivity index (χ1n) is 4.76. The van der Waals surface area contributed by atoms with E-state index in [-0.39, 0.29) is 11.1 Å². The van der Waals surface area contributed by atoms with E-state index >= 15 is 0 Å². The van der Waals surface area contributed by atoms with E-state index in [2.05, 4.69) is 15.9 Å². The maximum atomic E-state index is 11.4. The van der Waals surface area contributed by atoms with Crippen molar-refractivity contribution in [2.45, 2.75) is 0 Å². The lowest BCUT2D eigenvalue weighted by molar-refractivity contribution is 0.0994. The molecular weight excluding hydrogens is 327 g/mol. The van der Waals surface area contributed by atoms with Crippen molar-refractivity contribution in [3.8, 4) is 11.3 Å². The first-order chi connectivity index (χ1) is 8.11. The van der Waals surface area contributed by atoms with E-state index in [1.54, 1.807) is 30.3 Å². The minimum absolute atomic E-state index is 0.110. The lowest BCUT2D eigenvalue weighted by Crippen LogP contribution is -1.96. The van der Waals surface area contributed by atoms with Gasteiger partial charge in [0.1, 0.15) is 5.76 Å². The summed E-state index contributed by atoms with van der Waals surface area (Å²) in [5, 5.41) is 1.28. The Balaban J connectivity index is 2.40. The van der Waals surface area contributed by atoms with Gasteiger partial charge in [-0.1, -0.05) is 39.1 Å². The lowest BCUT2D eigenvalue weighted by atomic mass is 10.2. The molecule has 0 saturated heterocycles. The van der Waals surface area contributed by atoms with Crippen molar-refractivity contribution < 1.29 is 9.21 Å². The first-order valence-corrected chi connectivity index (χ1v) is 6.64. The van der Waals surface area contributed by atoms with E-state index in [0.29, 0.717) is 27.1 Å². The van der Waals surface area contributed by atoms with Gasteiger partial charge in [0.15, 0.2) is 5.76 Å². The Morgan fingerprint density at radius 1 is 1.24 bits per heavy atom. The van der Waals surface area contributed by atoms with Crippen molar-refractivity contribution in [1.29, 1.82) is 0 Å². The molecular formula is C12H7BrCl2O2. The topological polar surface area (TPSA) is 30.2 Å². The van der Waals surface area contributed by atoms with Gasteiger partial charge < -0.3 is 4.42 Å². The summed E-state index contributed by atoms with van der Waals surface area (Å²) in [5.41, 5.74) is 0.713. The van der Waals surface area contributed by atoms with E-state index in [1.165, 1.54) is 0 Å². The molecule has 0 N–H and O–H groups in total. The van der Waals surface area contributed by atoms with Gasteiger partial charge in [-0.25, -0.2) is 0 Å². The molecule has 2 nitrogen and oxygen atoms in total. The average molecular weight is 334 g/mol. The van der Waals surface area contributed by atoms with Crippen LogP contribution in [0, 0.1) is 0 Å². The molecule has 0 unspecified atom stereocenters. The van der Waals surface area contributed by atoms with Crippen molar-refractivity contribution in [3.05, 3.63) is 46.1 Å². The maximum Gasteiger partial charge on any atom is 0.208 e. The number of carbonyl (C=O) groups is 1. The summed E-state index contributed by atoms with van der Waals surface area (Å²) >= 11 is 14.9. The Morgan fingerprint density at radius 2 is 2.00 bits per heavy atom. The minimum Gasteiger partial charge on any atom is -0.453 e. The quantitative estimate of drug-likeness (QED) is 0.594. The highest BCUT2D eigenvalue weighted by Crippen LogP contribution is 2.31. The van der Waals surface area contributed by atoms with Gasteiger partial charge in [0, 0.05) is 10.6 Å². The molecule has 2 rings (SSSR count). The molecule has 88 valence electrons. The molecule has 17 heavy (non-hydrogen) atoms. The van der Waals surface area contributed by atoms with Gasteiger partial charge >= 0.3 is 0 Å². The number of rotatable bonds is 3. The maximum absolute atomic E-state index is 11.4. The van der Waals surface area contributed by atoms with Crippen LogP contribution in [0.15, 0.2) is 34.7 Å². The minimum atomic E-state index is -0.110. The van der Waals surface area contributed by atoms with Crippen LogP contribution in [0.3, 0.4) is 0 Å². The third-order valence-electron chi connectivity index (χ3n) is 2.20. The third kappa shape index (κ3) is 2.73. The Kier molecular flexibility index (Phi) is 3.92. The SMILES string of the molecule is O=C(CBr)c1ccc(-c2ccc(Cl)cc2Cl)o1. The fourth-order valence-corrected chi connectivity index (χ4v) is 2.17. The average Bonchev–Trinajstić information content (AvgIpc) is 2.77. The summed E-state index contributed by atoms with van der Waals surface area (Å²) < 4.78 is 5.44. The van der Waals surface area contributed by atoms with Crippen LogP contribution in [0.4, 0.5) is 0 Å². The molecule has 2 aromatic rings. The predicted molar refractivity (Wildman–Crippen MR) is 72.3 cm³/mol. The van der Waals surface area contributed by atoms with Crippen molar-refractivity contribution in [3.63, 3.8) is 0 Å². The van der Waals surface area contributed by atoms with Gasteiger partial charge in [-0.2, -0.15) is 0 Å². The molecule has 0 aliphatic rings. The molecule has 0 aliphatic heterocycles. The summed E-state index contributed by atoms with van der Waals surface area (Å²) in [5.74, 6) is 0.750. The smallest absolute Gasteiger partial charge is 0.208 e. The summed E-state index contributed by atoms with van der Waals surface area (Å²) in [7, 11) is 0. The van der Waals surface area contributed by atoms with Gasteiger partial charge in [0.25, 0.3) is 0 Å². The molecule has 5 heteroatoms. The summed E-state index contributed by atoms with van der Waals surface area (Å²) in [4.78, 5) is 11.4. The van der Waals surface area contributed by atoms with Crippen molar-refractivity contribution in [2.75, 3.05) is 5.33 Å². The predicted octanol–water partition coefficient (Wildman–Crippen LogP) is 4.83. The van der Waals surface area contributed by atoms with Gasteiger partial charge in [-0.3, -0.25) is 4.79 Å². The lowest BCUT2D eigenvalue weighted by Gasteiger charge is -2.00. The van der Waals surface area contributed by atoms with Crippen molar-refractivity contribution in [1.82, 2.24) is 0 Å². The van der Waals surface area contributed by atoms with Crippen LogP contribution >= 0.6 is 39.1 Å². The Labute approximate surface area is 117 Å². The van der Waals surface area contributed by atoms with Crippen LogP contribution in [0.5, 0.6) is 0 Å². The molecule has 0 atom stereocenters. The fraction of sp³-hybridized carbons (Fsp3) is 0.0833. The molecule has 0 bridgehead atoms. The van der Waals surface area contributed by atoms with Crippen LogP contribution in [0.25, 0.3) is 11.3 Å². The number of hydrogen-bond donors (Lipinski definition) is 0. The van der Waals surface area contributed by atoms with Crippen LogP contribution in [-0.4, -0.2) is 11.1 Å². The molecule has 0 saturated carbocycles. The Bertz CT molecular complexity index is 563. The fourth-order valence-electron chi connectivity index (χ4n) is 1.39. The number of hydrogen-bond acceptors (Lipinski definition) is 2. The van der Waals surface area contributed by atoms with Crippen LogP contribution < -0.4 is 0 Å². The molecule has 1 aromatic carbocycles. The third-order valence-corrected chi connectivity index (χ3v) is 3.26. The highest BCUT2D eigenvalue weighted by atomic mass is 79.9. The molecule has 1 aromatic heterocycles. The van der Waals surface area contributed by atoms with Crippen LogP contribution in [0.1, 0.15) is 10.6 Å². The number of halogens is 3.